The van der Waals surface area contributed by atoms with Crippen molar-refractivity contribution >= 4 is 5.69 Å². The molecule has 5 heteroatoms. The molecule has 0 amide bonds. The maximum atomic E-state index is 12.4. The van der Waals surface area contributed by atoms with E-state index in [2.05, 4.69) is 10.3 Å². The van der Waals surface area contributed by atoms with Crippen LogP contribution in [0.4, 0.5) is 18.9 Å². The number of aryl methyl sites for hydroxylation is 1. The highest BCUT2D eigenvalue weighted by Crippen LogP contribution is 2.33. The molecule has 1 aromatic rings. The first-order valence-corrected chi connectivity index (χ1v) is 4.24. The molecule has 0 fully saturated rings. The largest absolute Gasteiger partial charge is 0.435 e. The Morgan fingerprint density at radius 2 is 2.00 bits per heavy atom. The Morgan fingerprint density at radius 3 is 2.50 bits per heavy atom. The molecule has 1 aromatic heterocycles. The first kappa shape index (κ1) is 10.8. The van der Waals surface area contributed by atoms with Crippen molar-refractivity contribution in [1.82, 2.24) is 4.98 Å². The zero-order valence-corrected chi connectivity index (χ0v) is 7.94. The highest BCUT2D eigenvalue weighted by molar-refractivity contribution is 5.49. The van der Waals surface area contributed by atoms with Crippen LogP contribution in [0.1, 0.15) is 18.3 Å². The minimum atomic E-state index is -4.40. The molecule has 1 N–H and O–H groups in total. The number of hydrogen-bond donors (Lipinski definition) is 1. The van der Waals surface area contributed by atoms with Gasteiger partial charge in [0.15, 0.2) is 5.69 Å². The quantitative estimate of drug-likeness (QED) is 0.801. The van der Waals surface area contributed by atoms with Crippen molar-refractivity contribution in [3.05, 3.63) is 23.5 Å². The van der Waals surface area contributed by atoms with Gasteiger partial charge in [0.1, 0.15) is 0 Å². The molecule has 0 aromatic carbocycles. The Labute approximate surface area is 80.2 Å². The van der Waals surface area contributed by atoms with E-state index in [4.69, 9.17) is 0 Å². The number of aromatic nitrogens is 1. The molecule has 78 valence electrons. The lowest BCUT2D eigenvalue weighted by molar-refractivity contribution is -0.140. The number of anilines is 1. The summed E-state index contributed by atoms with van der Waals surface area (Å²) >= 11 is 0. The number of halogens is 3. The van der Waals surface area contributed by atoms with Crippen LogP contribution in [-0.4, -0.2) is 11.5 Å². The van der Waals surface area contributed by atoms with Crippen molar-refractivity contribution in [2.75, 3.05) is 11.9 Å². The number of nitrogens with zero attached hydrogens (tertiary/aromatic N) is 1. The van der Waals surface area contributed by atoms with E-state index in [0.29, 0.717) is 12.2 Å². The smallest absolute Gasteiger partial charge is 0.384 e. The number of pyridine rings is 1. The number of alkyl halides is 3. The van der Waals surface area contributed by atoms with Gasteiger partial charge in [-0.2, -0.15) is 13.2 Å². The number of hydrogen-bond acceptors (Lipinski definition) is 2. The lowest BCUT2D eigenvalue weighted by Gasteiger charge is -2.12. The molecule has 0 aliphatic carbocycles. The summed E-state index contributed by atoms with van der Waals surface area (Å²) in [5.74, 6) is 0. The fourth-order valence-corrected chi connectivity index (χ4v) is 1.11. The first-order chi connectivity index (χ1) is 6.45. The second-order valence-electron chi connectivity index (χ2n) is 2.88. The third kappa shape index (κ3) is 2.37. The standard InChI is InChI=1S/C9H11F3N2/c1-3-13-7-5-4-6(2)14-8(7)9(10,11)12/h4-5,13H,3H2,1-2H3. The first-order valence-electron chi connectivity index (χ1n) is 4.24. The van der Waals surface area contributed by atoms with Crippen LogP contribution in [0.5, 0.6) is 0 Å². The van der Waals surface area contributed by atoms with Crippen LogP contribution in [0.2, 0.25) is 0 Å². The molecular formula is C9H11F3N2. The molecule has 0 radical (unpaired) electrons. The third-order valence-corrected chi connectivity index (χ3v) is 1.67. The van der Waals surface area contributed by atoms with Gasteiger partial charge in [-0.25, -0.2) is 4.98 Å². The summed E-state index contributed by atoms with van der Waals surface area (Å²) in [5.41, 5.74) is -0.455. The molecule has 0 aliphatic heterocycles. The van der Waals surface area contributed by atoms with Gasteiger partial charge in [-0.05, 0) is 26.0 Å². The van der Waals surface area contributed by atoms with Crippen LogP contribution in [0.25, 0.3) is 0 Å². The average Bonchev–Trinajstić information content (AvgIpc) is 2.07. The highest BCUT2D eigenvalue weighted by Gasteiger charge is 2.35. The van der Waals surface area contributed by atoms with E-state index >= 15 is 0 Å². The summed E-state index contributed by atoms with van der Waals surface area (Å²) in [6, 6.07) is 2.95. The lowest BCUT2D eigenvalue weighted by Crippen LogP contribution is -2.13. The van der Waals surface area contributed by atoms with E-state index in [1.165, 1.54) is 13.0 Å². The molecular weight excluding hydrogens is 193 g/mol. The topological polar surface area (TPSA) is 24.9 Å². The monoisotopic (exact) mass is 204 g/mol. The van der Waals surface area contributed by atoms with Crippen molar-refractivity contribution in [1.29, 1.82) is 0 Å². The Kier molecular flexibility index (Phi) is 2.98. The van der Waals surface area contributed by atoms with Gasteiger partial charge in [0, 0.05) is 12.2 Å². The molecule has 1 rings (SSSR count). The Bertz CT molecular complexity index is 320. The van der Waals surface area contributed by atoms with Crippen molar-refractivity contribution in [2.45, 2.75) is 20.0 Å². The Hall–Kier alpha value is -1.26. The van der Waals surface area contributed by atoms with Gasteiger partial charge in [0.2, 0.25) is 0 Å². The van der Waals surface area contributed by atoms with Gasteiger partial charge >= 0.3 is 6.18 Å². The zero-order valence-electron chi connectivity index (χ0n) is 7.94. The molecule has 0 unspecified atom stereocenters. The fraction of sp³-hybridized carbons (Fsp3) is 0.444. The van der Waals surface area contributed by atoms with Crippen LogP contribution >= 0.6 is 0 Å². The van der Waals surface area contributed by atoms with Crippen molar-refractivity contribution in [2.24, 2.45) is 0 Å². The lowest BCUT2D eigenvalue weighted by atomic mass is 10.2. The molecule has 0 aliphatic rings. The molecule has 2 nitrogen and oxygen atoms in total. The summed E-state index contributed by atoms with van der Waals surface area (Å²) in [5, 5.41) is 2.63. The predicted octanol–water partition coefficient (Wildman–Crippen LogP) is 2.84. The fourth-order valence-electron chi connectivity index (χ4n) is 1.11. The number of rotatable bonds is 2. The van der Waals surface area contributed by atoms with Gasteiger partial charge in [-0.1, -0.05) is 0 Å². The Balaban J connectivity index is 3.16. The molecule has 0 atom stereocenters. The summed E-state index contributed by atoms with van der Waals surface area (Å²) in [6.07, 6.45) is -4.40. The van der Waals surface area contributed by atoms with Crippen LogP contribution in [0.3, 0.4) is 0 Å². The minimum absolute atomic E-state index is 0.0330. The van der Waals surface area contributed by atoms with Crippen LogP contribution in [-0.2, 0) is 6.18 Å². The summed E-state index contributed by atoms with van der Waals surface area (Å²) in [4.78, 5) is 3.48. The predicted molar refractivity (Wildman–Crippen MR) is 48.1 cm³/mol. The van der Waals surface area contributed by atoms with Crippen LogP contribution < -0.4 is 5.32 Å². The van der Waals surface area contributed by atoms with Gasteiger partial charge in [0.25, 0.3) is 0 Å². The second-order valence-corrected chi connectivity index (χ2v) is 2.88. The SMILES string of the molecule is CCNc1ccc(C)nc1C(F)(F)F. The van der Waals surface area contributed by atoms with Gasteiger partial charge in [-0.3, -0.25) is 0 Å². The minimum Gasteiger partial charge on any atom is -0.384 e. The molecule has 0 spiro atoms. The van der Waals surface area contributed by atoms with Crippen LogP contribution in [0, 0.1) is 6.92 Å². The van der Waals surface area contributed by atoms with E-state index in [1.807, 2.05) is 0 Å². The summed E-state index contributed by atoms with van der Waals surface area (Å²) < 4.78 is 37.3. The van der Waals surface area contributed by atoms with Gasteiger partial charge < -0.3 is 5.32 Å². The molecule has 0 saturated carbocycles. The maximum absolute atomic E-state index is 12.4. The van der Waals surface area contributed by atoms with Gasteiger partial charge in [-0.15, -0.1) is 0 Å². The van der Waals surface area contributed by atoms with E-state index in [-0.39, 0.29) is 5.69 Å². The van der Waals surface area contributed by atoms with E-state index in [1.54, 1.807) is 13.0 Å². The normalized spacial score (nSPS) is 11.5. The van der Waals surface area contributed by atoms with Gasteiger partial charge in [0.05, 0.1) is 5.69 Å². The van der Waals surface area contributed by atoms with E-state index in [9.17, 15) is 13.2 Å². The summed E-state index contributed by atoms with van der Waals surface area (Å²) in [6.45, 7) is 3.71. The molecule has 14 heavy (non-hydrogen) atoms. The number of nitrogens with one attached hydrogen (secondary N) is 1. The molecule has 1 heterocycles. The Morgan fingerprint density at radius 1 is 1.36 bits per heavy atom. The molecule has 0 saturated heterocycles. The van der Waals surface area contributed by atoms with E-state index < -0.39 is 11.9 Å². The maximum Gasteiger partial charge on any atom is 0.435 e. The van der Waals surface area contributed by atoms with Crippen molar-refractivity contribution in [3.8, 4) is 0 Å². The average molecular weight is 204 g/mol. The second kappa shape index (κ2) is 3.86. The third-order valence-electron chi connectivity index (χ3n) is 1.67. The van der Waals surface area contributed by atoms with Crippen molar-refractivity contribution < 1.29 is 13.2 Å². The molecule has 0 bridgehead atoms. The summed E-state index contributed by atoms with van der Waals surface area (Å²) in [7, 11) is 0. The highest BCUT2D eigenvalue weighted by atomic mass is 19.4. The van der Waals surface area contributed by atoms with Crippen LogP contribution in [0.15, 0.2) is 12.1 Å². The zero-order chi connectivity index (χ0) is 10.8. The van der Waals surface area contributed by atoms with E-state index in [0.717, 1.165) is 0 Å². The van der Waals surface area contributed by atoms with Crippen molar-refractivity contribution in [3.63, 3.8) is 0 Å².